The Morgan fingerprint density at radius 3 is 3.00 bits per heavy atom. The van der Waals surface area contributed by atoms with Crippen LogP contribution in [0.1, 0.15) is 25.3 Å². The second kappa shape index (κ2) is 4.58. The predicted molar refractivity (Wildman–Crippen MR) is 74.2 cm³/mol. The third kappa shape index (κ3) is 2.64. The van der Waals surface area contributed by atoms with Crippen molar-refractivity contribution in [3.63, 3.8) is 0 Å². The molecule has 0 saturated carbocycles. The molecule has 1 aliphatic heterocycles. The van der Waals surface area contributed by atoms with Crippen LogP contribution in [-0.4, -0.2) is 17.0 Å². The van der Waals surface area contributed by atoms with Gasteiger partial charge in [-0.1, -0.05) is 6.07 Å². The molecule has 3 heteroatoms. The van der Waals surface area contributed by atoms with E-state index in [9.17, 15) is 0 Å². The monoisotopic (exact) mass is 236 g/mol. The maximum Gasteiger partial charge on any atom is 0.0577 e. The number of thioether (sulfide) groups is 1. The Balaban J connectivity index is 2.01. The Kier molecular flexibility index (Phi) is 3.33. The van der Waals surface area contributed by atoms with Crippen LogP contribution in [0.25, 0.3) is 0 Å². The van der Waals surface area contributed by atoms with Gasteiger partial charge in [0.05, 0.1) is 11.4 Å². The van der Waals surface area contributed by atoms with Crippen molar-refractivity contribution in [2.24, 2.45) is 0 Å². The standard InChI is InChI=1S/C13H20N2S/c1-10-4-5-11(14)12(8-10)15-9-13(2)6-3-7-16-13/h4-5,8,15H,3,6-7,9,14H2,1-2H3. The fourth-order valence-electron chi connectivity index (χ4n) is 2.08. The average Bonchev–Trinajstić information content (AvgIpc) is 2.67. The Bertz CT molecular complexity index is 370. The van der Waals surface area contributed by atoms with Gasteiger partial charge < -0.3 is 11.1 Å². The Hall–Kier alpha value is -0.830. The summed E-state index contributed by atoms with van der Waals surface area (Å²) in [6, 6.07) is 6.15. The minimum absolute atomic E-state index is 0.385. The maximum atomic E-state index is 5.95. The molecule has 0 bridgehead atoms. The molecule has 0 amide bonds. The highest BCUT2D eigenvalue weighted by Gasteiger charge is 2.29. The number of hydrogen-bond acceptors (Lipinski definition) is 3. The highest BCUT2D eigenvalue weighted by molar-refractivity contribution is 8.00. The number of aryl methyl sites for hydroxylation is 1. The van der Waals surface area contributed by atoms with Gasteiger partial charge in [0.25, 0.3) is 0 Å². The van der Waals surface area contributed by atoms with E-state index in [4.69, 9.17) is 5.73 Å². The number of rotatable bonds is 3. The van der Waals surface area contributed by atoms with E-state index in [1.54, 1.807) is 0 Å². The first-order valence-electron chi connectivity index (χ1n) is 5.83. The van der Waals surface area contributed by atoms with E-state index < -0.39 is 0 Å². The van der Waals surface area contributed by atoms with Crippen LogP contribution in [-0.2, 0) is 0 Å². The summed E-state index contributed by atoms with van der Waals surface area (Å²) >= 11 is 2.07. The lowest BCUT2D eigenvalue weighted by atomic mass is 10.1. The highest BCUT2D eigenvalue weighted by atomic mass is 32.2. The van der Waals surface area contributed by atoms with Gasteiger partial charge in [0.1, 0.15) is 0 Å². The van der Waals surface area contributed by atoms with Crippen LogP contribution >= 0.6 is 11.8 Å². The van der Waals surface area contributed by atoms with Gasteiger partial charge in [0.15, 0.2) is 0 Å². The van der Waals surface area contributed by atoms with Crippen molar-refractivity contribution < 1.29 is 0 Å². The van der Waals surface area contributed by atoms with E-state index in [0.717, 1.165) is 17.9 Å². The van der Waals surface area contributed by atoms with Crippen molar-refractivity contribution in [1.82, 2.24) is 0 Å². The highest BCUT2D eigenvalue weighted by Crippen LogP contribution is 2.38. The van der Waals surface area contributed by atoms with E-state index in [2.05, 4.69) is 37.0 Å². The van der Waals surface area contributed by atoms with Crippen molar-refractivity contribution in [2.45, 2.75) is 31.4 Å². The summed E-state index contributed by atoms with van der Waals surface area (Å²) in [5, 5.41) is 3.49. The molecule has 0 spiro atoms. The molecule has 1 unspecified atom stereocenters. The molecule has 88 valence electrons. The van der Waals surface area contributed by atoms with E-state index in [-0.39, 0.29) is 0 Å². The van der Waals surface area contributed by atoms with Crippen molar-refractivity contribution in [3.8, 4) is 0 Å². The van der Waals surface area contributed by atoms with Gasteiger partial charge in [-0.05, 0) is 50.1 Å². The lowest BCUT2D eigenvalue weighted by molar-refractivity contribution is 0.635. The normalized spacial score (nSPS) is 24.6. The summed E-state index contributed by atoms with van der Waals surface area (Å²) in [4.78, 5) is 0. The SMILES string of the molecule is Cc1ccc(N)c(NCC2(C)CCCS2)c1. The van der Waals surface area contributed by atoms with Crippen molar-refractivity contribution in [3.05, 3.63) is 23.8 Å². The second-order valence-electron chi connectivity index (χ2n) is 4.85. The lowest BCUT2D eigenvalue weighted by Crippen LogP contribution is -2.27. The fraction of sp³-hybridized carbons (Fsp3) is 0.538. The number of anilines is 2. The molecule has 0 aromatic heterocycles. The molecule has 0 aliphatic carbocycles. The van der Waals surface area contributed by atoms with Gasteiger partial charge in [0, 0.05) is 11.3 Å². The fourth-order valence-corrected chi connectivity index (χ4v) is 3.33. The summed E-state index contributed by atoms with van der Waals surface area (Å²) in [5.74, 6) is 1.29. The summed E-state index contributed by atoms with van der Waals surface area (Å²) in [6.45, 7) is 5.44. The molecular formula is C13H20N2S. The van der Waals surface area contributed by atoms with Crippen molar-refractivity contribution in [2.75, 3.05) is 23.3 Å². The van der Waals surface area contributed by atoms with Gasteiger partial charge in [-0.25, -0.2) is 0 Å². The lowest BCUT2D eigenvalue weighted by Gasteiger charge is -2.24. The number of hydrogen-bond donors (Lipinski definition) is 2. The Morgan fingerprint density at radius 1 is 1.50 bits per heavy atom. The third-order valence-corrected chi connectivity index (χ3v) is 4.70. The van der Waals surface area contributed by atoms with Crippen molar-refractivity contribution >= 4 is 23.1 Å². The topological polar surface area (TPSA) is 38.0 Å². The first kappa shape index (κ1) is 11.6. The summed E-state index contributed by atoms with van der Waals surface area (Å²) in [7, 11) is 0. The zero-order chi connectivity index (χ0) is 11.6. The summed E-state index contributed by atoms with van der Waals surface area (Å²) < 4.78 is 0.385. The number of benzene rings is 1. The smallest absolute Gasteiger partial charge is 0.0577 e. The summed E-state index contributed by atoms with van der Waals surface area (Å²) in [5.41, 5.74) is 9.12. The molecule has 1 atom stereocenters. The zero-order valence-corrected chi connectivity index (χ0v) is 10.9. The molecule has 1 aliphatic rings. The van der Waals surface area contributed by atoms with Gasteiger partial charge in [-0.3, -0.25) is 0 Å². The molecular weight excluding hydrogens is 216 g/mol. The van der Waals surface area contributed by atoms with Gasteiger partial charge in [-0.15, -0.1) is 0 Å². The van der Waals surface area contributed by atoms with Gasteiger partial charge in [0.2, 0.25) is 0 Å². The third-order valence-electron chi connectivity index (χ3n) is 3.16. The van der Waals surface area contributed by atoms with Crippen LogP contribution in [0.4, 0.5) is 11.4 Å². The minimum atomic E-state index is 0.385. The number of nitrogen functional groups attached to an aromatic ring is 1. The van der Waals surface area contributed by atoms with E-state index in [1.807, 2.05) is 12.1 Å². The first-order chi connectivity index (χ1) is 7.59. The molecule has 1 heterocycles. The van der Waals surface area contributed by atoms with Gasteiger partial charge in [-0.2, -0.15) is 11.8 Å². The molecule has 1 saturated heterocycles. The van der Waals surface area contributed by atoms with Crippen LogP contribution < -0.4 is 11.1 Å². The quantitative estimate of drug-likeness (QED) is 0.791. The molecule has 1 aromatic carbocycles. The predicted octanol–water partition coefficient (Wildman–Crippen LogP) is 3.27. The van der Waals surface area contributed by atoms with Crippen LogP contribution in [0, 0.1) is 6.92 Å². The maximum absolute atomic E-state index is 5.95. The zero-order valence-electron chi connectivity index (χ0n) is 10.0. The van der Waals surface area contributed by atoms with Crippen LogP contribution in [0.3, 0.4) is 0 Å². The van der Waals surface area contributed by atoms with Gasteiger partial charge >= 0.3 is 0 Å². The summed E-state index contributed by atoms with van der Waals surface area (Å²) in [6.07, 6.45) is 2.64. The van der Waals surface area contributed by atoms with Crippen LogP contribution in [0.2, 0.25) is 0 Å². The molecule has 0 radical (unpaired) electrons. The molecule has 2 rings (SSSR count). The molecule has 1 fully saturated rings. The first-order valence-corrected chi connectivity index (χ1v) is 6.82. The number of nitrogens with one attached hydrogen (secondary N) is 1. The molecule has 3 N–H and O–H groups in total. The van der Waals surface area contributed by atoms with E-state index in [1.165, 1.54) is 24.2 Å². The van der Waals surface area contributed by atoms with E-state index in [0.29, 0.717) is 4.75 Å². The Morgan fingerprint density at radius 2 is 2.31 bits per heavy atom. The minimum Gasteiger partial charge on any atom is -0.397 e. The molecule has 16 heavy (non-hydrogen) atoms. The number of nitrogens with two attached hydrogens (primary N) is 1. The molecule has 2 nitrogen and oxygen atoms in total. The Labute approximate surface area is 102 Å². The van der Waals surface area contributed by atoms with Crippen LogP contribution in [0.5, 0.6) is 0 Å². The van der Waals surface area contributed by atoms with Crippen molar-refractivity contribution in [1.29, 1.82) is 0 Å². The average molecular weight is 236 g/mol. The van der Waals surface area contributed by atoms with Crippen LogP contribution in [0.15, 0.2) is 18.2 Å². The largest absolute Gasteiger partial charge is 0.397 e. The second-order valence-corrected chi connectivity index (χ2v) is 6.53. The van der Waals surface area contributed by atoms with E-state index >= 15 is 0 Å². The molecule has 1 aromatic rings.